The number of phenols is 1. The Bertz CT molecular complexity index is 1820. The van der Waals surface area contributed by atoms with Gasteiger partial charge in [0.25, 0.3) is 0 Å². The van der Waals surface area contributed by atoms with Gasteiger partial charge in [-0.05, 0) is 19.9 Å². The molecule has 5 rings (SSSR count). The number of nitrogens with zero attached hydrogens (tertiary/aromatic N) is 6. The summed E-state index contributed by atoms with van der Waals surface area (Å²) in [5, 5.41) is 23.0. The molecule has 3 N–H and O–H groups in total. The molecule has 0 saturated carbocycles. The fraction of sp³-hybridized carbons (Fsp3) is 0.0714. The average Bonchev–Trinajstić information content (AvgIpc) is 3.36. The molecule has 0 unspecified atom stereocenters. The Morgan fingerprint density at radius 1 is 0.854 bits per heavy atom. The number of phenolic OH excluding ortho intramolecular Hbond substituents is 1. The predicted octanol–water partition coefficient (Wildman–Crippen LogP) is 5.58. The summed E-state index contributed by atoms with van der Waals surface area (Å²) >= 11 is -0.329. The van der Waals surface area contributed by atoms with E-state index in [9.17, 15) is 13.5 Å². The Morgan fingerprint density at radius 2 is 1.54 bits per heavy atom. The first kappa shape index (κ1) is 27.8. The molecule has 5 aromatic rings. The molecule has 0 amide bonds. The molecule has 0 aliphatic carbocycles. The zero-order valence-electron chi connectivity index (χ0n) is 21.9. The molecule has 13 heteroatoms. The molecule has 0 bridgehead atoms. The SMILES string of the molecule is Cc1cc(C)nc(NS(=O)(=O)c2ccc(N=Nc3[se]c(NN=Cc4ccccc4O)nc3-c3ccccc3)cc2)n1. The van der Waals surface area contributed by atoms with Crippen LogP contribution in [0.2, 0.25) is 0 Å². The summed E-state index contributed by atoms with van der Waals surface area (Å²) in [6.45, 7) is 3.54. The third kappa shape index (κ3) is 7.09. The Hall–Kier alpha value is -4.71. The summed E-state index contributed by atoms with van der Waals surface area (Å²) in [5.74, 6) is 0.145. The van der Waals surface area contributed by atoms with Crippen LogP contribution in [-0.2, 0) is 10.0 Å². The molecule has 0 fully saturated rings. The molecule has 0 spiro atoms. The Kier molecular flexibility index (Phi) is 8.29. The third-order valence-corrected chi connectivity index (χ3v) is 8.68. The second kappa shape index (κ2) is 12.2. The van der Waals surface area contributed by atoms with Crippen molar-refractivity contribution < 1.29 is 13.5 Å². The molecular weight excluding hydrogens is 607 g/mol. The summed E-state index contributed by atoms with van der Waals surface area (Å²) in [5.41, 5.74) is 6.87. The number of rotatable bonds is 9. The van der Waals surface area contributed by atoms with Crippen LogP contribution in [0, 0.1) is 13.8 Å². The average molecular weight is 632 g/mol. The van der Waals surface area contributed by atoms with Gasteiger partial charge in [0.2, 0.25) is 0 Å². The number of azo groups is 1. The Balaban J connectivity index is 1.35. The van der Waals surface area contributed by atoms with Crippen LogP contribution >= 0.6 is 0 Å². The number of aromatic hydroxyl groups is 1. The maximum atomic E-state index is 12.8. The molecular formula is C28H24N8O3SSe. The van der Waals surface area contributed by atoms with Crippen molar-refractivity contribution in [1.82, 2.24) is 15.0 Å². The van der Waals surface area contributed by atoms with Crippen LogP contribution < -0.4 is 10.1 Å². The molecule has 3 aromatic carbocycles. The van der Waals surface area contributed by atoms with Gasteiger partial charge >= 0.3 is 223 Å². The number of hydrogen-bond acceptors (Lipinski definition) is 10. The van der Waals surface area contributed by atoms with Crippen molar-refractivity contribution in [2.45, 2.75) is 18.7 Å². The monoisotopic (exact) mass is 632 g/mol. The van der Waals surface area contributed by atoms with Gasteiger partial charge in [0.05, 0.1) is 0 Å². The van der Waals surface area contributed by atoms with E-state index in [1.54, 1.807) is 50.2 Å². The summed E-state index contributed by atoms with van der Waals surface area (Å²) in [6.07, 6.45) is 1.52. The van der Waals surface area contributed by atoms with Crippen molar-refractivity contribution >= 4 is 51.6 Å². The number of para-hydroxylation sites is 1. The van der Waals surface area contributed by atoms with Gasteiger partial charge in [-0.1, -0.05) is 0 Å². The Morgan fingerprint density at radius 3 is 2.24 bits per heavy atom. The minimum atomic E-state index is -3.89. The first-order chi connectivity index (χ1) is 19.8. The van der Waals surface area contributed by atoms with Gasteiger partial charge in [0.1, 0.15) is 0 Å². The molecule has 11 nitrogen and oxygen atoms in total. The molecule has 0 aliphatic rings. The number of aryl methyl sites for hydroxylation is 2. The predicted molar refractivity (Wildman–Crippen MR) is 159 cm³/mol. The summed E-state index contributed by atoms with van der Waals surface area (Å²) in [4.78, 5) is 13.0. The summed E-state index contributed by atoms with van der Waals surface area (Å²) in [6, 6.07) is 24.3. The second-order valence-electron chi connectivity index (χ2n) is 8.74. The van der Waals surface area contributed by atoms with E-state index < -0.39 is 10.0 Å². The molecule has 206 valence electrons. The van der Waals surface area contributed by atoms with Crippen LogP contribution in [0.3, 0.4) is 0 Å². The summed E-state index contributed by atoms with van der Waals surface area (Å²) < 4.78 is 29.4. The van der Waals surface area contributed by atoms with Gasteiger partial charge in [-0.2, -0.15) is 0 Å². The van der Waals surface area contributed by atoms with Crippen LogP contribution in [0.15, 0.2) is 105 Å². The van der Waals surface area contributed by atoms with E-state index in [1.165, 1.54) is 18.3 Å². The van der Waals surface area contributed by atoms with Crippen LogP contribution in [-0.4, -0.2) is 49.2 Å². The van der Waals surface area contributed by atoms with Crippen molar-refractivity contribution in [2.75, 3.05) is 10.1 Å². The van der Waals surface area contributed by atoms with E-state index in [2.05, 4.69) is 40.4 Å². The zero-order chi connectivity index (χ0) is 28.8. The van der Waals surface area contributed by atoms with Crippen molar-refractivity contribution in [3.05, 3.63) is 102 Å². The standard InChI is InChI=1S/C28H24N8O3SSe/c1-18-16-19(2)31-27(30-18)36-40(38,39)23-14-12-22(13-15-23)33-34-26-25(20-8-4-3-5-9-20)32-28(41-26)35-29-17-21-10-6-7-11-24(21)37/h3-17,37H,1-2H3,(H,32,35)(H,30,31,36). The van der Waals surface area contributed by atoms with Crippen LogP contribution in [0.1, 0.15) is 17.0 Å². The first-order valence-electron chi connectivity index (χ1n) is 12.3. The van der Waals surface area contributed by atoms with Crippen LogP contribution in [0.25, 0.3) is 11.3 Å². The second-order valence-corrected chi connectivity index (χ2v) is 12.5. The molecule has 2 heterocycles. The van der Waals surface area contributed by atoms with Crippen LogP contribution in [0.4, 0.5) is 20.9 Å². The molecule has 2 aromatic heterocycles. The minimum absolute atomic E-state index is 0.0180. The fourth-order valence-electron chi connectivity index (χ4n) is 3.71. The number of anilines is 2. The molecule has 0 radical (unpaired) electrons. The van der Waals surface area contributed by atoms with Gasteiger partial charge in [0.15, 0.2) is 0 Å². The molecule has 41 heavy (non-hydrogen) atoms. The van der Waals surface area contributed by atoms with E-state index in [0.29, 0.717) is 37.6 Å². The third-order valence-electron chi connectivity index (χ3n) is 5.57. The number of benzene rings is 3. The van der Waals surface area contributed by atoms with E-state index in [0.717, 1.165) is 5.56 Å². The zero-order valence-corrected chi connectivity index (χ0v) is 24.5. The number of hydrazone groups is 1. The topological polar surface area (TPSA) is 154 Å². The Labute approximate surface area is 242 Å². The van der Waals surface area contributed by atoms with E-state index in [1.807, 2.05) is 36.4 Å². The molecule has 0 aliphatic heterocycles. The van der Waals surface area contributed by atoms with Gasteiger partial charge in [-0.3, -0.25) is 0 Å². The van der Waals surface area contributed by atoms with Gasteiger partial charge in [-0.25, -0.2) is 0 Å². The van der Waals surface area contributed by atoms with Crippen molar-refractivity contribution in [3.63, 3.8) is 0 Å². The van der Waals surface area contributed by atoms with E-state index in [-0.39, 0.29) is 31.1 Å². The van der Waals surface area contributed by atoms with Crippen molar-refractivity contribution in [1.29, 1.82) is 0 Å². The number of aromatic nitrogens is 3. The quantitative estimate of drug-likeness (QED) is 0.0831. The van der Waals surface area contributed by atoms with Crippen LogP contribution in [0.5, 0.6) is 5.75 Å². The number of nitrogens with one attached hydrogen (secondary N) is 2. The van der Waals surface area contributed by atoms with Crippen molar-refractivity contribution in [2.24, 2.45) is 15.3 Å². The molecule has 0 atom stereocenters. The number of hydrogen-bond donors (Lipinski definition) is 3. The summed E-state index contributed by atoms with van der Waals surface area (Å²) in [7, 11) is -3.89. The fourth-order valence-corrected chi connectivity index (χ4v) is 6.25. The number of sulfonamides is 1. The van der Waals surface area contributed by atoms with E-state index >= 15 is 0 Å². The van der Waals surface area contributed by atoms with E-state index in [4.69, 9.17) is 0 Å². The normalized spacial score (nSPS) is 11.8. The van der Waals surface area contributed by atoms with Crippen molar-refractivity contribution in [3.8, 4) is 17.0 Å². The molecule has 0 saturated heterocycles. The maximum absolute atomic E-state index is 12.8. The first-order valence-corrected chi connectivity index (χ1v) is 15.5. The van der Waals surface area contributed by atoms with Gasteiger partial charge in [-0.15, -0.1) is 0 Å². The van der Waals surface area contributed by atoms with Gasteiger partial charge < -0.3 is 0 Å². The van der Waals surface area contributed by atoms with Gasteiger partial charge in [0, 0.05) is 0 Å².